The molecule has 0 radical (unpaired) electrons. The molecule has 6 aromatic rings. The van der Waals surface area contributed by atoms with Gasteiger partial charge in [-0.25, -0.2) is 26.8 Å². The van der Waals surface area contributed by atoms with Crippen LogP contribution in [0.3, 0.4) is 0 Å². The van der Waals surface area contributed by atoms with Gasteiger partial charge in [0, 0.05) is 50.2 Å². The molecule has 0 spiro atoms. The quantitative estimate of drug-likeness (QED) is 0.00861. The van der Waals surface area contributed by atoms with E-state index < -0.39 is 55.9 Å². The van der Waals surface area contributed by atoms with Crippen LogP contribution in [0.15, 0.2) is 161 Å². The summed E-state index contributed by atoms with van der Waals surface area (Å²) >= 11 is 0. The minimum Gasteiger partial charge on any atom is -1.00 e. The normalized spacial score (nSPS) is 11.2. The van der Waals surface area contributed by atoms with E-state index in [0.29, 0.717) is 38.9 Å². The standard InChI is InChI=1S/C30H34F2O6S2.C28H32O3S.C7H15N3.C2H4F2O4S.BrH.ClH.Na/c1-21-9-13-25(14-10-21)39(26-15-11-22(2)12-16-26)27-18-23(3)29(24(4)19-27)37-17-7-5-6-8-28(33)38-20-30(31,32)40(34,35)36;1-20-9-13-24(14-10-20)32(25-15-11-21(2)12-16-25)26-18-22(3)28(23(4)19-26)31-17-7-5-6-8-27(29)30;1-4-8-7-9-5-6-10(2)3;3-2(4,1-5)9(6,7)8;;;/h9-16,18-19H,5-8,17,20H2,1-4H3;9-16,18-19H,5-8,17H2,1-4H3;4-6H2,1-3H3;5H,1H2,(H,6,7,8);2*1H;/q;;;;;;+1/p-1. The largest absolute Gasteiger partial charge is 1.00 e. The van der Waals surface area contributed by atoms with Crippen LogP contribution in [-0.2, 0) is 56.4 Å². The number of aliphatic hydroxyl groups is 1. The third-order valence-electron chi connectivity index (χ3n) is 13.2. The van der Waals surface area contributed by atoms with Crippen LogP contribution >= 0.6 is 12.4 Å². The number of hydrogen-bond acceptors (Lipinski definition) is 15. The first-order chi connectivity index (χ1) is 42.7. The number of aliphatic hydroxyl groups excluding tert-OH is 1. The van der Waals surface area contributed by atoms with Gasteiger partial charge in [0.1, 0.15) is 18.1 Å². The number of carbonyl (C=O) groups is 2. The molecule has 0 aromatic heterocycles. The Hall–Kier alpha value is -4.83. The Labute approximate surface area is 597 Å². The molecule has 0 aliphatic carbocycles. The van der Waals surface area contributed by atoms with Crippen molar-refractivity contribution in [2.24, 2.45) is 9.98 Å². The Morgan fingerprint density at radius 3 is 1.16 bits per heavy atom. The molecule has 0 unspecified atom stereocenters. The smallest absolute Gasteiger partial charge is 1.00 e. The molecule has 0 saturated carbocycles. The molecule has 2 N–H and O–H groups in total. The molecule has 27 heteroatoms. The molecular weight excluding hydrogens is 1400 g/mol. The first-order valence-corrected chi connectivity index (χ1v) is 34.6. The molecule has 514 valence electrons. The van der Waals surface area contributed by atoms with Gasteiger partial charge in [-0.1, -0.05) is 70.8 Å². The fraction of sp³-hybridized carbons (Fsp3) is 0.418. The first-order valence-electron chi connectivity index (χ1n) is 29.3. The molecule has 6 rings (SSSR count). The molecule has 16 nitrogen and oxygen atoms in total. The van der Waals surface area contributed by atoms with Crippen LogP contribution in [0.1, 0.15) is 103 Å². The molecule has 0 amide bonds. The van der Waals surface area contributed by atoms with Crippen molar-refractivity contribution in [1.82, 2.24) is 4.90 Å². The number of alkyl halides is 4. The van der Waals surface area contributed by atoms with Crippen LogP contribution < -0.4 is 56.0 Å². The van der Waals surface area contributed by atoms with E-state index in [4.69, 9.17) is 19.7 Å². The third kappa shape index (κ3) is 31.6. The number of carboxylic acid groups (broad SMARTS) is 1. The second kappa shape index (κ2) is 44.2. The number of aliphatic carboxylic acids is 1. The summed E-state index contributed by atoms with van der Waals surface area (Å²) in [5, 5.41) is 7.17. The summed E-state index contributed by atoms with van der Waals surface area (Å²) in [7, 11) is -8.00. The topological polar surface area (TPSA) is 245 Å². The maximum atomic E-state index is 13.1. The zero-order valence-corrected chi connectivity index (χ0v) is 63.0. The van der Waals surface area contributed by atoms with Crippen LogP contribution in [0.2, 0.25) is 0 Å². The van der Waals surface area contributed by atoms with E-state index in [2.05, 4.69) is 188 Å². The van der Waals surface area contributed by atoms with Gasteiger partial charge >= 0.3 is 52.0 Å². The van der Waals surface area contributed by atoms with Gasteiger partial charge in [-0.15, -0.1) is 12.4 Å². The van der Waals surface area contributed by atoms with Gasteiger partial charge in [0.2, 0.25) is 0 Å². The minimum absolute atomic E-state index is 0. The van der Waals surface area contributed by atoms with E-state index >= 15 is 0 Å². The van der Waals surface area contributed by atoms with Crippen LogP contribution in [0.25, 0.3) is 0 Å². The maximum absolute atomic E-state index is 13.1. The van der Waals surface area contributed by atoms with Gasteiger partial charge in [0.15, 0.2) is 56.2 Å². The van der Waals surface area contributed by atoms with Crippen molar-refractivity contribution in [3.63, 3.8) is 0 Å². The van der Waals surface area contributed by atoms with Crippen molar-refractivity contribution < 1.29 is 124 Å². The van der Waals surface area contributed by atoms with Crippen molar-refractivity contribution in [3.05, 3.63) is 166 Å². The molecule has 0 fully saturated rings. The van der Waals surface area contributed by atoms with Crippen LogP contribution in [0, 0.1) is 55.4 Å². The van der Waals surface area contributed by atoms with Gasteiger partial charge in [-0.05, 0) is 186 Å². The monoisotopic (exact) mass is 1480 g/mol. The summed E-state index contributed by atoms with van der Waals surface area (Å²) in [4.78, 5) is 39.7. The van der Waals surface area contributed by atoms with Gasteiger partial charge in [0.05, 0.1) is 47.6 Å². The van der Waals surface area contributed by atoms with E-state index in [-0.39, 0.29) is 93.6 Å². The number of carboxylic acids is 1. The van der Waals surface area contributed by atoms with E-state index in [9.17, 15) is 53.1 Å². The Kier molecular flexibility index (Phi) is 41.9. The predicted octanol–water partition coefficient (Wildman–Crippen LogP) is 7.96. The Morgan fingerprint density at radius 1 is 0.553 bits per heavy atom. The van der Waals surface area contributed by atoms with Gasteiger partial charge < -0.3 is 55.4 Å². The van der Waals surface area contributed by atoms with Gasteiger partial charge in [0.25, 0.3) is 0 Å². The molecule has 6 aromatic carbocycles. The zero-order valence-electron chi connectivity index (χ0n) is 55.3. The molecule has 0 atom stereocenters. The number of hydrogen-bond donors (Lipinski definition) is 2. The number of aliphatic imine (C=N–C) groups is 2. The van der Waals surface area contributed by atoms with E-state index in [1.54, 1.807) is 0 Å². The number of halogens is 6. The number of ether oxygens (including phenoxy) is 3. The van der Waals surface area contributed by atoms with E-state index in [1.165, 1.54) is 51.6 Å². The van der Waals surface area contributed by atoms with Gasteiger partial charge in [-0.2, -0.15) is 17.6 Å². The molecule has 0 aliphatic heterocycles. The van der Waals surface area contributed by atoms with Crippen LogP contribution in [0.5, 0.6) is 11.5 Å². The van der Waals surface area contributed by atoms with E-state index in [0.717, 1.165) is 66.2 Å². The fourth-order valence-corrected chi connectivity index (χ4v) is 13.1. The van der Waals surface area contributed by atoms with E-state index in [1.807, 2.05) is 34.9 Å². The van der Waals surface area contributed by atoms with Crippen molar-refractivity contribution in [3.8, 4) is 11.5 Å². The van der Waals surface area contributed by atoms with Gasteiger partial charge in [-0.3, -0.25) is 9.59 Å². The average molecular weight is 1480 g/mol. The molecule has 0 aliphatic rings. The van der Waals surface area contributed by atoms with Crippen molar-refractivity contribution >= 4 is 72.4 Å². The Balaban J connectivity index is 0.00000142. The Morgan fingerprint density at radius 2 is 0.883 bits per heavy atom. The SMILES string of the molecule is CCN=C=NCCN(C)C.Cc1ccc([S+](c2ccc(C)cc2)c2cc(C)c(OCCCCCC(=O)O)c(C)c2)cc1.Cc1ccc([S+](c2ccc(C)cc2)c2cc(C)c(OCCCCCC(=O)OCC(F)(F)S(=O)(=O)[O-])c(C)c2)cc1.Cl.O=S(=O)([O-])C(F)(F)CO.[Br-].[Na+]. The zero-order chi connectivity index (χ0) is 68.1. The minimum atomic E-state index is -5.88. The molecule has 0 heterocycles. The van der Waals surface area contributed by atoms with Crippen molar-refractivity contribution in [2.45, 2.75) is 154 Å². The molecule has 0 saturated heterocycles. The second-order valence-corrected chi connectivity index (χ2v) is 28.7. The first kappa shape index (κ1) is 89.2. The number of esters is 1. The number of carbonyl (C=O) groups excluding carboxylic acids is 1. The molecular formula is C67H86BrClF4N3NaO13S4. The van der Waals surface area contributed by atoms with Crippen LogP contribution in [-0.4, -0.2) is 130 Å². The van der Waals surface area contributed by atoms with Crippen LogP contribution in [0.4, 0.5) is 17.6 Å². The second-order valence-electron chi connectivity index (χ2n) is 21.6. The molecule has 0 bridgehead atoms. The summed E-state index contributed by atoms with van der Waals surface area (Å²) in [5.74, 6) is 0.0405. The number of aryl methyl sites for hydroxylation is 8. The fourth-order valence-electron chi connectivity index (χ4n) is 8.29. The number of unbranched alkanes of at least 4 members (excludes halogenated alkanes) is 4. The summed E-state index contributed by atoms with van der Waals surface area (Å²) in [6.45, 7) is 18.4. The number of rotatable bonds is 29. The molecule has 94 heavy (non-hydrogen) atoms. The average Bonchev–Trinajstić information content (AvgIpc) is 0.802. The summed E-state index contributed by atoms with van der Waals surface area (Å²) < 4.78 is 125. The van der Waals surface area contributed by atoms with Crippen molar-refractivity contribution in [1.29, 1.82) is 0 Å². The van der Waals surface area contributed by atoms with Crippen molar-refractivity contribution in [2.75, 3.05) is 60.2 Å². The summed E-state index contributed by atoms with van der Waals surface area (Å²) in [6, 6.07) is 46.4. The summed E-state index contributed by atoms with van der Waals surface area (Å²) in [5.41, 5.74) is 9.26. The maximum Gasteiger partial charge on any atom is 1.00 e. The number of benzene rings is 6. The summed E-state index contributed by atoms with van der Waals surface area (Å²) in [6.07, 6.45) is 4.05. The predicted molar refractivity (Wildman–Crippen MR) is 355 cm³/mol. The number of likely N-dealkylation sites (N-methyl/N-ethyl adjacent to an activating group) is 1. The Bertz CT molecular complexity index is 3420. The third-order valence-corrected chi connectivity index (χ3v) is 19.3. The number of nitrogens with zero attached hydrogens (tertiary/aromatic N) is 3.